The van der Waals surface area contributed by atoms with E-state index in [2.05, 4.69) is 63.5 Å². The van der Waals surface area contributed by atoms with Crippen LogP contribution in [0, 0.1) is 0 Å². The first-order chi connectivity index (χ1) is 11.4. The van der Waals surface area contributed by atoms with E-state index in [4.69, 9.17) is 0 Å². The second-order valence-corrected chi connectivity index (χ2v) is 6.96. The number of hydrogen-bond donors (Lipinski definition) is 0. The van der Waals surface area contributed by atoms with Crippen molar-refractivity contribution in [1.29, 1.82) is 0 Å². The molecule has 1 unspecified atom stereocenters. The molecule has 2 nitrogen and oxygen atoms in total. The van der Waals surface area contributed by atoms with Crippen molar-refractivity contribution >= 4 is 33.1 Å². The summed E-state index contributed by atoms with van der Waals surface area (Å²) in [7, 11) is 0. The van der Waals surface area contributed by atoms with Gasteiger partial charge in [-0.15, -0.1) is 5.10 Å². The molecule has 23 heavy (non-hydrogen) atoms. The third-order valence-corrected chi connectivity index (χ3v) is 5.67. The molecule has 1 atom stereocenters. The molecule has 0 aliphatic heterocycles. The van der Waals surface area contributed by atoms with Gasteiger partial charge in [0, 0.05) is 11.3 Å². The molecule has 0 spiro atoms. The highest BCUT2D eigenvalue weighted by atomic mass is 32.1. The van der Waals surface area contributed by atoms with E-state index in [1.165, 1.54) is 56.3 Å². The monoisotopic (exact) mass is 316 g/mol. The number of fused-ring (bicyclic) bond motifs is 5. The lowest BCUT2D eigenvalue weighted by molar-refractivity contribution is 0.572. The maximum atomic E-state index is 4.31. The van der Waals surface area contributed by atoms with Crippen LogP contribution in [-0.2, 0) is 12.8 Å². The van der Waals surface area contributed by atoms with Crippen LogP contribution in [0.15, 0.2) is 53.9 Å². The highest BCUT2D eigenvalue weighted by molar-refractivity contribution is 7.03. The lowest BCUT2D eigenvalue weighted by atomic mass is 9.80. The summed E-state index contributed by atoms with van der Waals surface area (Å²) in [4.78, 5) is 0. The first-order valence-corrected chi connectivity index (χ1v) is 8.93. The molecular weight excluding hydrogens is 300 g/mol. The summed E-state index contributed by atoms with van der Waals surface area (Å²) in [5.74, 6) is 0.512. The van der Waals surface area contributed by atoms with Crippen LogP contribution >= 0.6 is 11.5 Å². The molecule has 0 radical (unpaired) electrons. The maximum Gasteiger partial charge on any atom is 0.0789 e. The molecule has 3 aromatic carbocycles. The Bertz CT molecular complexity index is 1000. The summed E-state index contributed by atoms with van der Waals surface area (Å²) < 4.78 is 4.05. The van der Waals surface area contributed by atoms with E-state index in [-0.39, 0.29) is 0 Å². The quantitative estimate of drug-likeness (QED) is 0.456. The molecule has 0 fully saturated rings. The Morgan fingerprint density at radius 3 is 2.74 bits per heavy atom. The fourth-order valence-corrected chi connectivity index (χ4v) is 4.49. The average molecular weight is 316 g/mol. The van der Waals surface area contributed by atoms with Crippen molar-refractivity contribution in [3.63, 3.8) is 0 Å². The van der Waals surface area contributed by atoms with Gasteiger partial charge in [0.25, 0.3) is 0 Å². The van der Waals surface area contributed by atoms with Crippen molar-refractivity contribution in [3.8, 4) is 0 Å². The lowest BCUT2D eigenvalue weighted by Gasteiger charge is -2.25. The van der Waals surface area contributed by atoms with Gasteiger partial charge >= 0.3 is 0 Å². The minimum atomic E-state index is 0.512. The third-order valence-electron chi connectivity index (χ3n) is 5.14. The topological polar surface area (TPSA) is 25.8 Å². The molecule has 4 aromatic rings. The summed E-state index contributed by atoms with van der Waals surface area (Å²) in [6, 6.07) is 17.9. The summed E-state index contributed by atoms with van der Waals surface area (Å²) >= 11 is 1.46. The first kappa shape index (κ1) is 13.2. The molecule has 1 heterocycles. The molecule has 0 bridgehead atoms. The van der Waals surface area contributed by atoms with Gasteiger partial charge < -0.3 is 0 Å². The van der Waals surface area contributed by atoms with Crippen LogP contribution in [-0.4, -0.2) is 9.59 Å². The minimum absolute atomic E-state index is 0.512. The number of benzene rings is 3. The molecule has 0 saturated carbocycles. The van der Waals surface area contributed by atoms with Gasteiger partial charge in [-0.1, -0.05) is 53.0 Å². The Kier molecular flexibility index (Phi) is 2.95. The molecule has 0 amide bonds. The lowest BCUT2D eigenvalue weighted by Crippen LogP contribution is -2.13. The van der Waals surface area contributed by atoms with Gasteiger partial charge in [-0.25, -0.2) is 0 Å². The van der Waals surface area contributed by atoms with E-state index in [1.807, 2.05) is 0 Å². The summed E-state index contributed by atoms with van der Waals surface area (Å²) in [5, 5.41) is 11.9. The largest absolute Gasteiger partial charge is 0.143 e. The van der Waals surface area contributed by atoms with Crippen LogP contribution in [0.5, 0.6) is 0 Å². The minimum Gasteiger partial charge on any atom is -0.143 e. The third kappa shape index (κ3) is 2.07. The standard InChI is InChI=1S/C20H16N2S/c1-2-4-16-13(3-1)7-10-18-17(16)9-8-14-5-6-15(11-19(14)18)20-12-23-22-21-20/h1-4,7-10,12,15H,5-6,11H2. The van der Waals surface area contributed by atoms with Crippen molar-refractivity contribution < 1.29 is 0 Å². The molecule has 1 aliphatic carbocycles. The summed E-state index contributed by atoms with van der Waals surface area (Å²) in [5.41, 5.74) is 4.18. The number of rotatable bonds is 1. The number of nitrogens with zero attached hydrogens (tertiary/aromatic N) is 2. The molecule has 112 valence electrons. The molecule has 3 heteroatoms. The van der Waals surface area contributed by atoms with Crippen LogP contribution < -0.4 is 0 Å². The number of hydrogen-bond acceptors (Lipinski definition) is 3. The van der Waals surface area contributed by atoms with Gasteiger partial charge in [0.1, 0.15) is 0 Å². The van der Waals surface area contributed by atoms with Crippen molar-refractivity contribution in [2.24, 2.45) is 0 Å². The van der Waals surface area contributed by atoms with Gasteiger partial charge in [0.15, 0.2) is 0 Å². The van der Waals surface area contributed by atoms with Gasteiger partial charge in [0.2, 0.25) is 0 Å². The molecule has 1 aliphatic rings. The van der Waals surface area contributed by atoms with Crippen LogP contribution in [0.3, 0.4) is 0 Å². The second-order valence-electron chi connectivity index (χ2n) is 6.35. The Morgan fingerprint density at radius 2 is 1.83 bits per heavy atom. The normalized spacial score (nSPS) is 17.5. The zero-order valence-electron chi connectivity index (χ0n) is 12.7. The van der Waals surface area contributed by atoms with Crippen molar-refractivity contribution in [1.82, 2.24) is 9.59 Å². The van der Waals surface area contributed by atoms with E-state index in [1.54, 1.807) is 0 Å². The Balaban J connectivity index is 1.72. The van der Waals surface area contributed by atoms with Gasteiger partial charge in [0.05, 0.1) is 5.69 Å². The maximum absolute atomic E-state index is 4.31. The second kappa shape index (κ2) is 5.14. The highest BCUT2D eigenvalue weighted by Gasteiger charge is 2.23. The van der Waals surface area contributed by atoms with Gasteiger partial charge in [-0.3, -0.25) is 0 Å². The fourth-order valence-electron chi connectivity index (χ4n) is 3.95. The zero-order valence-corrected chi connectivity index (χ0v) is 13.5. The predicted octanol–water partition coefficient (Wildman–Crippen LogP) is 5.12. The van der Waals surface area contributed by atoms with E-state index < -0.39 is 0 Å². The van der Waals surface area contributed by atoms with Crippen LogP contribution in [0.2, 0.25) is 0 Å². The smallest absolute Gasteiger partial charge is 0.0789 e. The molecule has 1 aromatic heterocycles. The molecule has 0 N–H and O–H groups in total. The Morgan fingerprint density at radius 1 is 0.913 bits per heavy atom. The van der Waals surface area contributed by atoms with Crippen LogP contribution in [0.1, 0.15) is 29.2 Å². The molecule has 0 saturated heterocycles. The average Bonchev–Trinajstić information content (AvgIpc) is 3.15. The number of aryl methyl sites for hydroxylation is 1. The van der Waals surface area contributed by atoms with Crippen molar-refractivity contribution in [3.05, 3.63) is 70.7 Å². The van der Waals surface area contributed by atoms with Gasteiger partial charge in [-0.05, 0) is 63.5 Å². The Hall–Kier alpha value is -2.26. The van der Waals surface area contributed by atoms with E-state index in [0.29, 0.717) is 5.92 Å². The highest BCUT2D eigenvalue weighted by Crippen LogP contribution is 2.37. The van der Waals surface area contributed by atoms with Crippen LogP contribution in [0.25, 0.3) is 21.5 Å². The summed E-state index contributed by atoms with van der Waals surface area (Å²) in [6.07, 6.45) is 3.40. The van der Waals surface area contributed by atoms with Gasteiger partial charge in [-0.2, -0.15) is 0 Å². The SMILES string of the molecule is c1ccc2c(c1)ccc1c3c(ccc12)CCC(c1csnn1)C3. The van der Waals surface area contributed by atoms with E-state index in [9.17, 15) is 0 Å². The summed E-state index contributed by atoms with van der Waals surface area (Å²) in [6.45, 7) is 0. The zero-order chi connectivity index (χ0) is 15.2. The number of aromatic nitrogens is 2. The van der Waals surface area contributed by atoms with Crippen molar-refractivity contribution in [2.45, 2.75) is 25.2 Å². The Labute approximate surface area is 138 Å². The van der Waals surface area contributed by atoms with Crippen LogP contribution in [0.4, 0.5) is 0 Å². The fraction of sp³-hybridized carbons (Fsp3) is 0.200. The van der Waals surface area contributed by atoms with Crippen molar-refractivity contribution in [2.75, 3.05) is 0 Å². The van der Waals surface area contributed by atoms with E-state index in [0.717, 1.165) is 12.8 Å². The molecular formula is C20H16N2S. The first-order valence-electron chi connectivity index (χ1n) is 8.09. The molecule has 5 rings (SSSR count). The predicted molar refractivity (Wildman–Crippen MR) is 96.1 cm³/mol. The van der Waals surface area contributed by atoms with E-state index >= 15 is 0 Å².